The van der Waals surface area contributed by atoms with Crippen molar-refractivity contribution in [2.24, 2.45) is 5.73 Å². The average Bonchev–Trinajstić information content (AvgIpc) is 3.62. The molecular formula is C25H22F4N8O4. The SMILES string of the molecule is CC1(C)C(=O)Nc2nc(-c3cc(-c4ccon4)n(Cc4ccccc4F)n3)nc(NCC(O)(C(N)=O)C(F)(F)F)c21. The number of hydrogen-bond donors (Lipinski definition) is 4. The van der Waals surface area contributed by atoms with Gasteiger partial charge in [-0.05, 0) is 26.0 Å². The third kappa shape index (κ3) is 4.75. The van der Waals surface area contributed by atoms with Gasteiger partial charge in [0, 0.05) is 11.6 Å². The zero-order valence-corrected chi connectivity index (χ0v) is 21.5. The smallest absolute Gasteiger partial charge is 0.371 e. The molecule has 12 nitrogen and oxygen atoms in total. The van der Waals surface area contributed by atoms with Crippen LogP contribution in [0, 0.1) is 5.82 Å². The molecule has 0 saturated carbocycles. The number of fused-ring (bicyclic) bond motifs is 1. The Hall–Kier alpha value is -4.86. The van der Waals surface area contributed by atoms with Crippen LogP contribution in [0.5, 0.6) is 0 Å². The maximum atomic E-state index is 14.4. The summed E-state index contributed by atoms with van der Waals surface area (Å²) in [6.07, 6.45) is -4.09. The molecule has 5 rings (SSSR count). The summed E-state index contributed by atoms with van der Waals surface area (Å²) in [5.41, 5.74) is 0.838. The molecule has 41 heavy (non-hydrogen) atoms. The highest BCUT2D eigenvalue weighted by Crippen LogP contribution is 2.42. The molecule has 4 heterocycles. The molecule has 16 heteroatoms. The van der Waals surface area contributed by atoms with Gasteiger partial charge in [-0.25, -0.2) is 14.4 Å². The highest BCUT2D eigenvalue weighted by molar-refractivity contribution is 6.06. The molecule has 0 radical (unpaired) electrons. The molecule has 214 valence electrons. The summed E-state index contributed by atoms with van der Waals surface area (Å²) < 4.78 is 61.4. The Morgan fingerprint density at radius 2 is 1.93 bits per heavy atom. The van der Waals surface area contributed by atoms with Crippen LogP contribution >= 0.6 is 0 Å². The number of aliphatic hydroxyl groups is 1. The summed E-state index contributed by atoms with van der Waals surface area (Å²) >= 11 is 0. The number of nitrogens with one attached hydrogen (secondary N) is 2. The van der Waals surface area contributed by atoms with E-state index in [1.807, 2.05) is 0 Å². The van der Waals surface area contributed by atoms with Gasteiger partial charge in [0.05, 0.1) is 29.8 Å². The van der Waals surface area contributed by atoms with Crippen LogP contribution in [-0.4, -0.2) is 60.1 Å². The number of hydrogen-bond acceptors (Lipinski definition) is 9. The second-order valence-corrected chi connectivity index (χ2v) is 9.82. The number of benzene rings is 1. The van der Waals surface area contributed by atoms with E-state index in [4.69, 9.17) is 10.3 Å². The van der Waals surface area contributed by atoms with E-state index >= 15 is 0 Å². The van der Waals surface area contributed by atoms with Crippen molar-refractivity contribution >= 4 is 23.5 Å². The minimum Gasteiger partial charge on any atom is -0.371 e. The Kier molecular flexibility index (Phi) is 6.52. The van der Waals surface area contributed by atoms with Gasteiger partial charge < -0.3 is 26.0 Å². The first-order valence-electron chi connectivity index (χ1n) is 12.0. The van der Waals surface area contributed by atoms with Gasteiger partial charge in [0.25, 0.3) is 11.5 Å². The molecule has 1 aromatic carbocycles. The van der Waals surface area contributed by atoms with Gasteiger partial charge >= 0.3 is 6.18 Å². The molecule has 0 fully saturated rings. The average molecular weight is 574 g/mol. The maximum absolute atomic E-state index is 14.4. The topological polar surface area (TPSA) is 174 Å². The van der Waals surface area contributed by atoms with Crippen molar-refractivity contribution in [3.63, 3.8) is 0 Å². The molecule has 1 atom stereocenters. The number of alkyl halides is 3. The lowest BCUT2D eigenvalue weighted by Gasteiger charge is -2.28. The van der Waals surface area contributed by atoms with Gasteiger partial charge in [0.15, 0.2) is 5.82 Å². The van der Waals surface area contributed by atoms with Gasteiger partial charge in [0.1, 0.15) is 35.1 Å². The molecule has 1 aliphatic heterocycles. The number of nitrogens with two attached hydrogens (primary N) is 1. The van der Waals surface area contributed by atoms with Crippen LogP contribution in [0.4, 0.5) is 29.2 Å². The number of carbonyl (C=O) groups excluding carboxylic acids is 2. The first-order chi connectivity index (χ1) is 19.2. The second kappa shape index (κ2) is 9.65. The third-order valence-electron chi connectivity index (χ3n) is 6.71. The van der Waals surface area contributed by atoms with Crippen molar-refractivity contribution in [2.75, 3.05) is 17.2 Å². The summed E-state index contributed by atoms with van der Waals surface area (Å²) in [4.78, 5) is 32.9. The minimum atomic E-state index is -5.41. The molecule has 0 spiro atoms. The number of anilines is 2. The summed E-state index contributed by atoms with van der Waals surface area (Å²) in [6.45, 7) is 1.56. The summed E-state index contributed by atoms with van der Waals surface area (Å²) in [6, 6.07) is 9.08. The molecular weight excluding hydrogens is 552 g/mol. The van der Waals surface area contributed by atoms with Crippen LogP contribution in [0.15, 0.2) is 47.2 Å². The largest absolute Gasteiger partial charge is 0.428 e. The zero-order chi connectivity index (χ0) is 29.7. The van der Waals surface area contributed by atoms with Crippen LogP contribution in [0.3, 0.4) is 0 Å². The maximum Gasteiger partial charge on any atom is 0.428 e. The molecule has 0 saturated heterocycles. The van der Waals surface area contributed by atoms with E-state index in [9.17, 15) is 32.3 Å². The first-order valence-corrected chi connectivity index (χ1v) is 12.0. The lowest BCUT2D eigenvalue weighted by Crippen LogP contribution is -2.59. The van der Waals surface area contributed by atoms with E-state index in [0.717, 1.165) is 0 Å². The Morgan fingerprint density at radius 1 is 1.20 bits per heavy atom. The lowest BCUT2D eigenvalue weighted by atomic mass is 9.87. The van der Waals surface area contributed by atoms with E-state index < -0.39 is 41.4 Å². The van der Waals surface area contributed by atoms with Crippen molar-refractivity contribution in [3.05, 3.63) is 59.6 Å². The number of amides is 2. The van der Waals surface area contributed by atoms with Crippen LogP contribution in [0.25, 0.3) is 22.9 Å². The standard InChI is InChI=1S/C25H22F4N8O4/c1-23(2)17-19(31-11-24(40,21(30)38)25(27,28)29)32-18(33-20(17)34-22(23)39)15-9-16(14-7-8-41-36-14)37(35-15)10-12-5-3-4-6-13(12)26/h3-9,40H,10-11H2,1-2H3,(H2,30,38)(H2,31,32,33,34,39). The lowest BCUT2D eigenvalue weighted by molar-refractivity contribution is -0.245. The number of halogens is 4. The van der Waals surface area contributed by atoms with Gasteiger partial charge in [-0.2, -0.15) is 18.3 Å². The zero-order valence-electron chi connectivity index (χ0n) is 21.5. The van der Waals surface area contributed by atoms with Crippen LogP contribution in [-0.2, 0) is 21.5 Å². The van der Waals surface area contributed by atoms with E-state index in [2.05, 4.69) is 30.9 Å². The fourth-order valence-corrected chi connectivity index (χ4v) is 4.29. The van der Waals surface area contributed by atoms with Gasteiger partial charge in [-0.15, -0.1) is 0 Å². The Balaban J connectivity index is 1.61. The van der Waals surface area contributed by atoms with Crippen molar-refractivity contribution in [3.8, 4) is 22.9 Å². The second-order valence-electron chi connectivity index (χ2n) is 9.82. The minimum absolute atomic E-state index is 0.0197. The Labute approximate surface area is 228 Å². The molecule has 1 unspecified atom stereocenters. The number of nitrogens with zero attached hydrogens (tertiary/aromatic N) is 5. The summed E-state index contributed by atoms with van der Waals surface area (Å²) in [7, 11) is 0. The summed E-state index contributed by atoms with van der Waals surface area (Å²) in [5.74, 6) is -3.46. The normalized spacial score (nSPS) is 15.7. The quantitative estimate of drug-likeness (QED) is 0.231. The Bertz CT molecular complexity index is 1650. The van der Waals surface area contributed by atoms with Crippen LogP contribution in [0.2, 0.25) is 0 Å². The van der Waals surface area contributed by atoms with Crippen LogP contribution in [0.1, 0.15) is 25.0 Å². The van der Waals surface area contributed by atoms with Crippen molar-refractivity contribution < 1.29 is 36.8 Å². The summed E-state index contributed by atoms with van der Waals surface area (Å²) in [5, 5.41) is 23.3. The predicted octanol–water partition coefficient (Wildman–Crippen LogP) is 2.60. The predicted molar refractivity (Wildman–Crippen MR) is 135 cm³/mol. The Morgan fingerprint density at radius 3 is 2.56 bits per heavy atom. The number of carbonyl (C=O) groups is 2. The molecule has 1 aliphatic rings. The molecule has 0 bridgehead atoms. The molecule has 2 amide bonds. The molecule has 0 aliphatic carbocycles. The van der Waals surface area contributed by atoms with Crippen molar-refractivity contribution in [1.29, 1.82) is 0 Å². The van der Waals surface area contributed by atoms with Crippen molar-refractivity contribution in [1.82, 2.24) is 24.9 Å². The monoisotopic (exact) mass is 574 g/mol. The van der Waals surface area contributed by atoms with E-state index in [1.165, 1.54) is 43.0 Å². The fraction of sp³-hybridized carbons (Fsp3) is 0.280. The molecule has 4 aromatic rings. The van der Waals surface area contributed by atoms with Crippen molar-refractivity contribution in [2.45, 2.75) is 37.6 Å². The van der Waals surface area contributed by atoms with Crippen LogP contribution < -0.4 is 16.4 Å². The number of aromatic nitrogens is 5. The van der Waals surface area contributed by atoms with Gasteiger partial charge in [-0.3, -0.25) is 14.3 Å². The van der Waals surface area contributed by atoms with E-state index in [-0.39, 0.29) is 35.3 Å². The highest BCUT2D eigenvalue weighted by atomic mass is 19.4. The van der Waals surface area contributed by atoms with Gasteiger partial charge in [0.2, 0.25) is 5.91 Å². The number of rotatable bonds is 8. The fourth-order valence-electron chi connectivity index (χ4n) is 4.29. The number of primary amides is 1. The third-order valence-corrected chi connectivity index (χ3v) is 6.71. The molecule has 3 aromatic heterocycles. The van der Waals surface area contributed by atoms with Gasteiger partial charge in [-0.1, -0.05) is 23.4 Å². The first kappa shape index (κ1) is 27.7. The highest BCUT2D eigenvalue weighted by Gasteiger charge is 2.59. The van der Waals surface area contributed by atoms with E-state index in [0.29, 0.717) is 17.0 Å². The molecule has 5 N–H and O–H groups in total. The van der Waals surface area contributed by atoms with E-state index in [1.54, 1.807) is 18.2 Å².